The second kappa shape index (κ2) is 9.73. The Kier molecular flexibility index (Phi) is 7.04. The maximum atomic E-state index is 12.5. The third kappa shape index (κ3) is 6.01. The molecule has 0 bridgehead atoms. The van der Waals surface area contributed by atoms with E-state index in [0.717, 1.165) is 17.7 Å². The summed E-state index contributed by atoms with van der Waals surface area (Å²) in [5.41, 5.74) is -3.02. The molecule has 0 aromatic heterocycles. The molecule has 3 aromatic rings. The summed E-state index contributed by atoms with van der Waals surface area (Å²) < 4.78 is 68.9. The molecule has 0 aliphatic carbocycles. The molecule has 0 aliphatic rings. The number of nitrogens with one attached hydrogen (secondary N) is 1. The van der Waals surface area contributed by atoms with Crippen LogP contribution in [0.5, 0.6) is 5.75 Å². The normalized spacial score (nSPS) is 11.6. The van der Waals surface area contributed by atoms with Crippen LogP contribution in [-0.4, -0.2) is 26.6 Å². The first-order valence-electron chi connectivity index (χ1n) is 9.34. The van der Waals surface area contributed by atoms with Gasteiger partial charge < -0.3 is 8.92 Å². The van der Waals surface area contributed by atoms with Crippen molar-refractivity contribution in [3.05, 3.63) is 84.4 Å². The topological polar surface area (TPSA) is 81.7 Å². The average Bonchev–Trinajstić information content (AvgIpc) is 2.74. The molecule has 1 amide bonds. The van der Waals surface area contributed by atoms with Crippen LogP contribution < -0.4 is 9.50 Å². The minimum absolute atomic E-state index is 0.178. The van der Waals surface area contributed by atoms with Gasteiger partial charge in [-0.2, -0.15) is 21.6 Å². The summed E-state index contributed by atoms with van der Waals surface area (Å²) >= 11 is 0. The molecular weight excluding hydrogens is 447 g/mol. The molecule has 168 valence electrons. The van der Waals surface area contributed by atoms with E-state index in [1.54, 1.807) is 24.3 Å². The number of amides is 1. The van der Waals surface area contributed by atoms with E-state index in [0.29, 0.717) is 23.2 Å². The number of carbonyl (C=O) groups is 1. The second-order valence-corrected chi connectivity index (χ2v) is 8.09. The van der Waals surface area contributed by atoms with E-state index in [-0.39, 0.29) is 6.61 Å². The smallest absolute Gasteiger partial charge is 0.449 e. The average molecular weight is 465 g/mol. The Balaban J connectivity index is 1.66. The van der Waals surface area contributed by atoms with Crippen molar-refractivity contribution in [1.29, 1.82) is 0 Å². The van der Waals surface area contributed by atoms with E-state index in [2.05, 4.69) is 9.50 Å². The molecule has 32 heavy (non-hydrogen) atoms. The number of carbonyl (C=O) groups excluding carboxylic acids is 1. The molecule has 0 heterocycles. The molecule has 0 spiro atoms. The maximum absolute atomic E-state index is 12.5. The van der Waals surface area contributed by atoms with Crippen molar-refractivity contribution in [1.82, 2.24) is 0 Å². The van der Waals surface area contributed by atoms with Crippen molar-refractivity contribution in [2.24, 2.45) is 0 Å². The van der Waals surface area contributed by atoms with Crippen LogP contribution in [0.3, 0.4) is 0 Å². The largest absolute Gasteiger partial charge is 0.534 e. The van der Waals surface area contributed by atoms with Crippen LogP contribution in [0.4, 0.5) is 23.7 Å². The van der Waals surface area contributed by atoms with Gasteiger partial charge in [0.05, 0.1) is 12.3 Å². The number of benzene rings is 3. The third-order valence-electron chi connectivity index (χ3n) is 4.29. The Bertz CT molecular complexity index is 1160. The number of ether oxygens (including phenoxy) is 1. The molecule has 3 aromatic carbocycles. The molecule has 0 radical (unpaired) electrons. The van der Waals surface area contributed by atoms with Crippen LogP contribution >= 0.6 is 0 Å². The van der Waals surface area contributed by atoms with Gasteiger partial charge in [-0.1, -0.05) is 60.7 Å². The number of anilines is 1. The molecular formula is C22H18F3NO5S. The van der Waals surface area contributed by atoms with Gasteiger partial charge in [0.2, 0.25) is 0 Å². The number of hydrogen-bond donors (Lipinski definition) is 1. The van der Waals surface area contributed by atoms with E-state index in [1.165, 1.54) is 12.1 Å². The van der Waals surface area contributed by atoms with E-state index < -0.39 is 27.5 Å². The van der Waals surface area contributed by atoms with Gasteiger partial charge in [0.25, 0.3) is 0 Å². The van der Waals surface area contributed by atoms with Crippen LogP contribution in [0, 0.1) is 0 Å². The summed E-state index contributed by atoms with van der Waals surface area (Å²) in [6, 6.07) is 21.2. The summed E-state index contributed by atoms with van der Waals surface area (Å²) in [5.74, 6) is -0.489. The van der Waals surface area contributed by atoms with Gasteiger partial charge in [-0.15, -0.1) is 0 Å². The first-order valence-corrected chi connectivity index (χ1v) is 10.7. The van der Waals surface area contributed by atoms with Crippen molar-refractivity contribution in [2.45, 2.75) is 11.9 Å². The van der Waals surface area contributed by atoms with Crippen LogP contribution in [-0.2, 0) is 21.3 Å². The molecule has 10 heteroatoms. The number of para-hydroxylation sites is 1. The van der Waals surface area contributed by atoms with E-state index in [1.807, 2.05) is 30.3 Å². The molecule has 0 atom stereocenters. The zero-order valence-electron chi connectivity index (χ0n) is 16.5. The Morgan fingerprint density at radius 1 is 0.875 bits per heavy atom. The van der Waals surface area contributed by atoms with Gasteiger partial charge in [-0.25, -0.2) is 4.79 Å². The highest BCUT2D eigenvalue weighted by atomic mass is 32.2. The quantitative estimate of drug-likeness (QED) is 0.375. The van der Waals surface area contributed by atoms with E-state index in [9.17, 15) is 26.4 Å². The molecule has 0 unspecified atom stereocenters. The van der Waals surface area contributed by atoms with Crippen molar-refractivity contribution < 1.29 is 35.3 Å². The van der Waals surface area contributed by atoms with Gasteiger partial charge in [0.15, 0.2) is 0 Å². The van der Waals surface area contributed by atoms with Gasteiger partial charge in [-0.05, 0) is 29.3 Å². The minimum atomic E-state index is -5.75. The van der Waals surface area contributed by atoms with E-state index >= 15 is 0 Å². The maximum Gasteiger partial charge on any atom is 0.534 e. The van der Waals surface area contributed by atoms with Crippen LogP contribution in [0.1, 0.15) is 5.56 Å². The highest BCUT2D eigenvalue weighted by Gasteiger charge is 2.48. The molecule has 3 rings (SSSR count). The summed E-state index contributed by atoms with van der Waals surface area (Å²) in [5, 5.41) is 2.63. The highest BCUT2D eigenvalue weighted by molar-refractivity contribution is 7.88. The molecule has 1 N–H and O–H groups in total. The summed E-state index contributed by atoms with van der Waals surface area (Å²) in [7, 11) is -5.75. The van der Waals surface area contributed by atoms with Crippen LogP contribution in [0.2, 0.25) is 0 Å². The predicted molar refractivity (Wildman–Crippen MR) is 113 cm³/mol. The number of hydrogen-bond acceptors (Lipinski definition) is 5. The lowest BCUT2D eigenvalue weighted by Crippen LogP contribution is -2.28. The molecule has 6 nitrogen and oxygen atoms in total. The first kappa shape index (κ1) is 23.1. The fraction of sp³-hybridized carbons (Fsp3) is 0.136. The molecule has 0 saturated carbocycles. The summed E-state index contributed by atoms with van der Waals surface area (Å²) in [6.07, 6.45) is -0.109. The van der Waals surface area contributed by atoms with Gasteiger partial charge >= 0.3 is 21.7 Å². The molecule has 0 saturated heterocycles. The fourth-order valence-electron chi connectivity index (χ4n) is 2.76. The number of rotatable bonds is 7. The van der Waals surface area contributed by atoms with Gasteiger partial charge in [0, 0.05) is 12.0 Å². The lowest BCUT2D eigenvalue weighted by atomic mass is 10.0. The van der Waals surface area contributed by atoms with Crippen molar-refractivity contribution >= 4 is 21.9 Å². The highest BCUT2D eigenvalue weighted by Crippen LogP contribution is 2.31. The van der Waals surface area contributed by atoms with E-state index in [4.69, 9.17) is 4.74 Å². The Labute approximate surface area is 182 Å². The zero-order valence-corrected chi connectivity index (χ0v) is 17.3. The van der Waals surface area contributed by atoms with Crippen molar-refractivity contribution in [2.75, 3.05) is 11.9 Å². The minimum Gasteiger partial charge on any atom is -0.449 e. The van der Waals surface area contributed by atoms with Crippen molar-refractivity contribution in [3.8, 4) is 16.9 Å². The fourth-order valence-corrected chi connectivity index (χ4v) is 3.22. The summed E-state index contributed by atoms with van der Waals surface area (Å²) in [4.78, 5) is 12.2. The summed E-state index contributed by atoms with van der Waals surface area (Å²) in [6.45, 7) is 0.178. The zero-order chi connectivity index (χ0) is 23.2. The lowest BCUT2D eigenvalue weighted by molar-refractivity contribution is -0.0500. The van der Waals surface area contributed by atoms with Crippen LogP contribution in [0.25, 0.3) is 11.1 Å². The van der Waals surface area contributed by atoms with Gasteiger partial charge in [0.1, 0.15) is 5.75 Å². The third-order valence-corrected chi connectivity index (χ3v) is 5.26. The molecule has 0 fully saturated rings. The molecule has 0 aliphatic heterocycles. The Hall–Kier alpha value is -3.53. The standard InChI is InChI=1S/C22H18F3NO5S/c23-22(24,25)32(28,29)31-18-12-10-17(11-13-18)19-8-4-5-9-20(19)26-21(27)30-15-14-16-6-2-1-3-7-16/h1-13H,14-15H2,(H,26,27). The first-order chi connectivity index (χ1) is 15.2. The number of alkyl halides is 3. The van der Waals surface area contributed by atoms with Crippen LogP contribution in [0.15, 0.2) is 78.9 Å². The lowest BCUT2D eigenvalue weighted by Gasteiger charge is -2.13. The monoisotopic (exact) mass is 465 g/mol. The second-order valence-electron chi connectivity index (χ2n) is 6.55. The SMILES string of the molecule is O=C(Nc1ccccc1-c1ccc(OS(=O)(=O)C(F)(F)F)cc1)OCCc1ccccc1. The Morgan fingerprint density at radius 3 is 2.16 bits per heavy atom. The Morgan fingerprint density at radius 2 is 1.50 bits per heavy atom. The van der Waals surface area contributed by atoms with Crippen molar-refractivity contribution in [3.63, 3.8) is 0 Å². The van der Waals surface area contributed by atoms with Gasteiger partial charge in [-0.3, -0.25) is 5.32 Å². The number of halogens is 3. The predicted octanol–water partition coefficient (Wildman–Crippen LogP) is 5.37.